The van der Waals surface area contributed by atoms with Crippen LogP contribution in [0.3, 0.4) is 0 Å². The Kier molecular flexibility index (Phi) is 9.92. The number of hydrogen-bond donors (Lipinski definition) is 1. The maximum absolute atomic E-state index is 3.21. The third-order valence-electron chi connectivity index (χ3n) is 1.88. The number of unbranched alkanes of at least 4 members (excludes halogenated alkanes) is 5. The molecule has 1 radical (unpaired) electrons. The van der Waals surface area contributed by atoms with Gasteiger partial charge in [0, 0.05) is 6.54 Å². The summed E-state index contributed by atoms with van der Waals surface area (Å²) in [6.45, 7) is 7.47. The third-order valence-corrected chi connectivity index (χ3v) is 1.88. The lowest BCUT2D eigenvalue weighted by molar-refractivity contribution is 0.592. The van der Waals surface area contributed by atoms with Gasteiger partial charge in [0.15, 0.2) is 0 Å². The molecule has 67 valence electrons. The first-order valence-electron chi connectivity index (χ1n) is 4.93. The maximum Gasteiger partial charge on any atom is 0.0190 e. The molecule has 0 amide bonds. The zero-order valence-electron chi connectivity index (χ0n) is 8.03. The van der Waals surface area contributed by atoms with Crippen molar-refractivity contribution in [3.63, 3.8) is 0 Å². The monoisotopic (exact) mass is 156 g/mol. The van der Waals surface area contributed by atoms with Crippen LogP contribution in [0.25, 0.3) is 0 Å². The number of nitrogens with one attached hydrogen (secondary N) is 1. The Hall–Kier alpha value is -0.0400. The molecule has 0 heterocycles. The first-order valence-corrected chi connectivity index (χ1v) is 4.93. The molecule has 1 N–H and O–H groups in total. The van der Waals surface area contributed by atoms with Crippen LogP contribution in [0.2, 0.25) is 0 Å². The molecule has 1 nitrogen and oxygen atoms in total. The highest BCUT2D eigenvalue weighted by molar-refractivity contribution is 4.53. The highest BCUT2D eigenvalue weighted by atomic mass is 14.8. The molecular formula is C10H22N. The van der Waals surface area contributed by atoms with E-state index in [0.717, 1.165) is 6.54 Å². The molecule has 0 aliphatic heterocycles. The fourth-order valence-corrected chi connectivity index (χ4v) is 1.15. The van der Waals surface area contributed by atoms with Crippen molar-refractivity contribution in [1.29, 1.82) is 0 Å². The van der Waals surface area contributed by atoms with E-state index in [9.17, 15) is 0 Å². The highest BCUT2D eigenvalue weighted by Gasteiger charge is 1.88. The van der Waals surface area contributed by atoms with Gasteiger partial charge in [-0.1, -0.05) is 39.0 Å². The van der Waals surface area contributed by atoms with Crippen molar-refractivity contribution in [1.82, 2.24) is 5.32 Å². The van der Waals surface area contributed by atoms with Crippen molar-refractivity contribution in [2.75, 3.05) is 6.54 Å². The SMILES string of the molecule is C[CH]NCCCCCCCC. The fourth-order valence-electron chi connectivity index (χ4n) is 1.15. The molecule has 0 aromatic carbocycles. The summed E-state index contributed by atoms with van der Waals surface area (Å²) in [5.74, 6) is 0. The van der Waals surface area contributed by atoms with Crippen LogP contribution in [-0.2, 0) is 0 Å². The van der Waals surface area contributed by atoms with E-state index in [2.05, 4.69) is 12.2 Å². The lowest BCUT2D eigenvalue weighted by atomic mass is 10.1. The Balaban J connectivity index is 2.69. The number of hydrogen-bond acceptors (Lipinski definition) is 1. The summed E-state index contributed by atoms with van der Waals surface area (Å²) >= 11 is 0. The highest BCUT2D eigenvalue weighted by Crippen LogP contribution is 2.03. The van der Waals surface area contributed by atoms with Crippen molar-refractivity contribution >= 4 is 0 Å². The minimum atomic E-state index is 1.16. The van der Waals surface area contributed by atoms with Crippen LogP contribution in [-0.4, -0.2) is 6.54 Å². The molecular weight excluding hydrogens is 134 g/mol. The minimum Gasteiger partial charge on any atom is -0.313 e. The Morgan fingerprint density at radius 1 is 1.00 bits per heavy atom. The van der Waals surface area contributed by atoms with E-state index in [1.54, 1.807) is 0 Å². The predicted molar refractivity (Wildman–Crippen MR) is 51.4 cm³/mol. The molecule has 0 atom stereocenters. The van der Waals surface area contributed by atoms with Gasteiger partial charge in [0.1, 0.15) is 0 Å². The van der Waals surface area contributed by atoms with Gasteiger partial charge in [-0.2, -0.15) is 0 Å². The largest absolute Gasteiger partial charge is 0.313 e. The van der Waals surface area contributed by atoms with E-state index < -0.39 is 0 Å². The topological polar surface area (TPSA) is 12.0 Å². The molecule has 0 saturated heterocycles. The molecule has 1 heteroatoms. The van der Waals surface area contributed by atoms with Gasteiger partial charge in [-0.05, 0) is 19.9 Å². The molecule has 0 aromatic heterocycles. The Morgan fingerprint density at radius 2 is 1.64 bits per heavy atom. The molecule has 11 heavy (non-hydrogen) atoms. The first kappa shape index (κ1) is 11.0. The second-order valence-electron chi connectivity index (χ2n) is 3.01. The molecule has 0 aliphatic carbocycles. The van der Waals surface area contributed by atoms with Gasteiger partial charge in [-0.3, -0.25) is 0 Å². The zero-order chi connectivity index (χ0) is 8.36. The quantitative estimate of drug-likeness (QED) is 0.532. The fraction of sp³-hybridized carbons (Fsp3) is 0.900. The van der Waals surface area contributed by atoms with Gasteiger partial charge >= 0.3 is 0 Å². The smallest absolute Gasteiger partial charge is 0.0190 e. The van der Waals surface area contributed by atoms with Crippen LogP contribution in [0.5, 0.6) is 0 Å². The lowest BCUT2D eigenvalue weighted by Crippen LogP contribution is -2.08. The second kappa shape index (κ2) is 9.96. The van der Waals surface area contributed by atoms with Crippen LogP contribution >= 0.6 is 0 Å². The van der Waals surface area contributed by atoms with Crippen molar-refractivity contribution in [2.24, 2.45) is 0 Å². The van der Waals surface area contributed by atoms with Crippen LogP contribution in [0.1, 0.15) is 52.4 Å². The van der Waals surface area contributed by atoms with Crippen molar-refractivity contribution in [2.45, 2.75) is 52.4 Å². The molecule has 0 spiro atoms. The molecule has 0 unspecified atom stereocenters. The van der Waals surface area contributed by atoms with Gasteiger partial charge in [0.25, 0.3) is 0 Å². The van der Waals surface area contributed by atoms with Gasteiger partial charge in [-0.25, -0.2) is 0 Å². The summed E-state index contributed by atoms with van der Waals surface area (Å²) in [5, 5.41) is 3.21. The van der Waals surface area contributed by atoms with Crippen LogP contribution in [0.4, 0.5) is 0 Å². The number of rotatable bonds is 8. The molecule has 0 fully saturated rings. The molecule has 0 aliphatic rings. The summed E-state index contributed by atoms with van der Waals surface area (Å²) in [6.07, 6.45) is 8.31. The van der Waals surface area contributed by atoms with E-state index in [4.69, 9.17) is 0 Å². The van der Waals surface area contributed by atoms with E-state index >= 15 is 0 Å². The summed E-state index contributed by atoms with van der Waals surface area (Å²) in [7, 11) is 0. The molecule has 0 saturated carbocycles. The van der Waals surface area contributed by atoms with Crippen molar-refractivity contribution in [3.05, 3.63) is 6.54 Å². The normalized spacial score (nSPS) is 10.4. The van der Waals surface area contributed by atoms with Gasteiger partial charge in [-0.15, -0.1) is 0 Å². The zero-order valence-corrected chi connectivity index (χ0v) is 8.03. The summed E-state index contributed by atoms with van der Waals surface area (Å²) in [5.41, 5.74) is 0. The molecule has 0 rings (SSSR count). The minimum absolute atomic E-state index is 1.16. The first-order chi connectivity index (χ1) is 5.41. The van der Waals surface area contributed by atoms with E-state index in [0.29, 0.717) is 0 Å². The van der Waals surface area contributed by atoms with E-state index in [1.165, 1.54) is 38.5 Å². The van der Waals surface area contributed by atoms with E-state index in [-0.39, 0.29) is 0 Å². The standard InChI is InChI=1S/C10H22N/c1-3-5-6-7-8-9-10-11-4-2/h4,11H,3,5-10H2,1-2H3. The van der Waals surface area contributed by atoms with Crippen LogP contribution in [0, 0.1) is 6.54 Å². The van der Waals surface area contributed by atoms with Gasteiger partial charge in [0.2, 0.25) is 0 Å². The Labute approximate surface area is 71.6 Å². The second-order valence-corrected chi connectivity index (χ2v) is 3.01. The van der Waals surface area contributed by atoms with Crippen LogP contribution in [0.15, 0.2) is 0 Å². The van der Waals surface area contributed by atoms with E-state index in [1.807, 2.05) is 13.5 Å². The summed E-state index contributed by atoms with van der Waals surface area (Å²) in [6, 6.07) is 0. The molecule has 0 aromatic rings. The average molecular weight is 156 g/mol. The Bertz CT molecular complexity index is 53.9. The predicted octanol–water partition coefficient (Wildman–Crippen LogP) is 3.12. The lowest BCUT2D eigenvalue weighted by Gasteiger charge is -2.00. The van der Waals surface area contributed by atoms with Crippen LogP contribution < -0.4 is 5.32 Å². The summed E-state index contributed by atoms with van der Waals surface area (Å²) in [4.78, 5) is 0. The van der Waals surface area contributed by atoms with Crippen molar-refractivity contribution in [3.8, 4) is 0 Å². The Morgan fingerprint density at radius 3 is 2.27 bits per heavy atom. The third kappa shape index (κ3) is 9.96. The maximum atomic E-state index is 3.21. The van der Waals surface area contributed by atoms with Gasteiger partial charge in [0.05, 0.1) is 0 Å². The average Bonchev–Trinajstić information content (AvgIpc) is 2.03. The summed E-state index contributed by atoms with van der Waals surface area (Å²) < 4.78 is 0. The van der Waals surface area contributed by atoms with Gasteiger partial charge < -0.3 is 5.32 Å². The molecule has 0 bridgehead atoms. The van der Waals surface area contributed by atoms with Crippen molar-refractivity contribution < 1.29 is 0 Å².